The van der Waals surface area contributed by atoms with Crippen LogP contribution in [0.25, 0.3) is 0 Å². The molecule has 2 rings (SSSR count). The maximum absolute atomic E-state index is 12.9. The molecule has 27 heavy (non-hydrogen) atoms. The van der Waals surface area contributed by atoms with Crippen molar-refractivity contribution in [3.8, 4) is 0 Å². The summed E-state index contributed by atoms with van der Waals surface area (Å²) in [6, 6.07) is 3.50. The molecule has 2 N–H and O–H groups in total. The lowest BCUT2D eigenvalue weighted by molar-refractivity contribution is -0.123. The van der Waals surface area contributed by atoms with Gasteiger partial charge in [-0.1, -0.05) is 12.5 Å². The molecule has 9 nitrogen and oxygen atoms in total. The minimum absolute atomic E-state index is 0.0175. The number of sulfonamides is 1. The first kappa shape index (κ1) is 20.8. The van der Waals surface area contributed by atoms with Gasteiger partial charge in [-0.15, -0.1) is 0 Å². The Labute approximate surface area is 158 Å². The molecule has 0 saturated carbocycles. The smallest absolute Gasteiger partial charge is 0.338 e. The number of hydrogen-bond donors (Lipinski definition) is 2. The number of piperidine rings is 1. The van der Waals surface area contributed by atoms with E-state index >= 15 is 0 Å². The van der Waals surface area contributed by atoms with Gasteiger partial charge in [0.05, 0.1) is 10.5 Å². The van der Waals surface area contributed by atoms with Crippen molar-refractivity contribution in [1.82, 2.24) is 14.9 Å². The largest absolute Gasteiger partial charge is 0.452 e. The highest BCUT2D eigenvalue weighted by Crippen LogP contribution is 2.24. The topological polar surface area (TPSA) is 122 Å². The molecule has 0 bridgehead atoms. The molecular formula is C17H23N3O6S. The van der Waals surface area contributed by atoms with E-state index in [0.29, 0.717) is 18.7 Å². The Morgan fingerprint density at radius 3 is 2.44 bits per heavy atom. The Bertz CT molecular complexity index is 831. The summed E-state index contributed by atoms with van der Waals surface area (Å²) in [4.78, 5) is 34.7. The monoisotopic (exact) mass is 397 g/mol. The van der Waals surface area contributed by atoms with E-state index in [0.717, 1.165) is 19.3 Å². The van der Waals surface area contributed by atoms with E-state index in [1.165, 1.54) is 29.6 Å². The van der Waals surface area contributed by atoms with Crippen LogP contribution in [-0.2, 0) is 19.6 Å². The average Bonchev–Trinajstić information content (AvgIpc) is 2.66. The van der Waals surface area contributed by atoms with Crippen LogP contribution in [0, 0.1) is 6.92 Å². The maximum Gasteiger partial charge on any atom is 0.338 e. The molecule has 1 aliphatic heterocycles. The van der Waals surface area contributed by atoms with Gasteiger partial charge in [-0.2, -0.15) is 4.31 Å². The van der Waals surface area contributed by atoms with Crippen LogP contribution in [0.2, 0.25) is 0 Å². The molecule has 10 heteroatoms. The highest BCUT2D eigenvalue weighted by molar-refractivity contribution is 7.89. The molecule has 1 fully saturated rings. The molecule has 0 aromatic heterocycles. The van der Waals surface area contributed by atoms with E-state index in [9.17, 15) is 22.8 Å². The number of rotatable bonds is 5. The lowest BCUT2D eigenvalue weighted by Crippen LogP contribution is -2.39. The van der Waals surface area contributed by atoms with E-state index in [1.54, 1.807) is 6.92 Å². The number of nitrogens with zero attached hydrogens (tertiary/aromatic N) is 1. The second kappa shape index (κ2) is 8.96. The fourth-order valence-electron chi connectivity index (χ4n) is 2.69. The van der Waals surface area contributed by atoms with Gasteiger partial charge in [-0.25, -0.2) is 18.0 Å². The summed E-state index contributed by atoms with van der Waals surface area (Å²) in [7, 11) is -2.37. The fourth-order valence-corrected chi connectivity index (χ4v) is 4.46. The second-order valence-electron chi connectivity index (χ2n) is 6.15. The lowest BCUT2D eigenvalue weighted by Gasteiger charge is -2.26. The predicted molar refractivity (Wildman–Crippen MR) is 96.7 cm³/mol. The van der Waals surface area contributed by atoms with Gasteiger partial charge in [0.1, 0.15) is 0 Å². The summed E-state index contributed by atoms with van der Waals surface area (Å²) < 4.78 is 32.0. The molecule has 1 aromatic rings. The molecule has 0 spiro atoms. The maximum atomic E-state index is 12.9. The van der Waals surface area contributed by atoms with Crippen LogP contribution in [0.1, 0.15) is 35.2 Å². The molecule has 0 aliphatic carbocycles. The van der Waals surface area contributed by atoms with Crippen LogP contribution in [0.15, 0.2) is 23.1 Å². The number of ether oxygens (including phenoxy) is 1. The molecule has 3 amide bonds. The normalized spacial score (nSPS) is 15.0. The molecule has 0 unspecified atom stereocenters. The summed E-state index contributed by atoms with van der Waals surface area (Å²) in [5.41, 5.74) is 0.540. The molecule has 1 aromatic carbocycles. The Hall–Kier alpha value is -2.46. The van der Waals surface area contributed by atoms with Crippen molar-refractivity contribution in [2.75, 3.05) is 26.7 Å². The quantitative estimate of drug-likeness (QED) is 0.708. The summed E-state index contributed by atoms with van der Waals surface area (Å²) in [6.07, 6.45) is 2.61. The number of nitrogens with one attached hydrogen (secondary N) is 2. The third-order valence-electron chi connectivity index (χ3n) is 4.17. The Morgan fingerprint density at radius 2 is 1.81 bits per heavy atom. The number of amides is 3. The van der Waals surface area contributed by atoms with Crippen molar-refractivity contribution >= 4 is 27.9 Å². The number of benzene rings is 1. The average molecular weight is 397 g/mol. The Morgan fingerprint density at radius 1 is 1.15 bits per heavy atom. The summed E-state index contributed by atoms with van der Waals surface area (Å²) >= 11 is 0. The first-order valence-corrected chi connectivity index (χ1v) is 9.99. The highest BCUT2D eigenvalue weighted by Gasteiger charge is 2.28. The van der Waals surface area contributed by atoms with Crippen molar-refractivity contribution in [2.24, 2.45) is 0 Å². The van der Waals surface area contributed by atoms with Crippen LogP contribution >= 0.6 is 0 Å². The second-order valence-corrected chi connectivity index (χ2v) is 8.05. The molecule has 1 heterocycles. The number of carbonyl (C=O) groups is 3. The zero-order chi connectivity index (χ0) is 20.0. The lowest BCUT2D eigenvalue weighted by atomic mass is 10.1. The van der Waals surface area contributed by atoms with Crippen LogP contribution in [0.5, 0.6) is 0 Å². The summed E-state index contributed by atoms with van der Waals surface area (Å²) in [5, 5.41) is 4.15. The molecular weight excluding hydrogens is 374 g/mol. The van der Waals surface area contributed by atoms with Crippen molar-refractivity contribution in [1.29, 1.82) is 0 Å². The summed E-state index contributed by atoms with van der Waals surface area (Å²) in [6.45, 7) is 1.91. The zero-order valence-corrected chi connectivity index (χ0v) is 16.1. The number of aryl methyl sites for hydroxylation is 1. The Kier molecular flexibility index (Phi) is 6.92. The zero-order valence-electron chi connectivity index (χ0n) is 15.3. The van der Waals surface area contributed by atoms with Crippen molar-refractivity contribution in [3.05, 3.63) is 29.3 Å². The SMILES string of the molecule is CNC(=O)NC(=O)COC(=O)c1ccc(C)c(S(=O)(=O)N2CCCCC2)c1. The van der Waals surface area contributed by atoms with Gasteiger partial charge in [-0.05, 0) is 37.5 Å². The van der Waals surface area contributed by atoms with Gasteiger partial charge < -0.3 is 10.1 Å². The van der Waals surface area contributed by atoms with E-state index in [2.05, 4.69) is 5.32 Å². The Balaban J connectivity index is 2.13. The van der Waals surface area contributed by atoms with Crippen LogP contribution in [-0.4, -0.2) is 57.4 Å². The minimum atomic E-state index is -3.71. The fraction of sp³-hybridized carbons (Fsp3) is 0.471. The third kappa shape index (κ3) is 5.27. The van der Waals surface area contributed by atoms with Crippen LogP contribution in [0.4, 0.5) is 4.79 Å². The first-order chi connectivity index (χ1) is 12.8. The standard InChI is InChI=1S/C17H23N3O6S/c1-12-6-7-13(16(22)26-11-15(21)19-17(23)18-2)10-14(12)27(24,25)20-8-4-3-5-9-20/h6-7,10H,3-5,8-9,11H2,1-2H3,(H2,18,19,21,23). The number of carbonyl (C=O) groups excluding carboxylic acids is 3. The number of imide groups is 1. The van der Waals surface area contributed by atoms with E-state index in [-0.39, 0.29) is 10.5 Å². The number of urea groups is 1. The predicted octanol–water partition coefficient (Wildman–Crippen LogP) is 0.782. The van der Waals surface area contributed by atoms with Gasteiger partial charge in [0.25, 0.3) is 5.91 Å². The van der Waals surface area contributed by atoms with Crippen molar-refractivity contribution < 1.29 is 27.5 Å². The van der Waals surface area contributed by atoms with E-state index in [4.69, 9.17) is 4.74 Å². The molecule has 1 saturated heterocycles. The van der Waals surface area contributed by atoms with Gasteiger partial charge >= 0.3 is 12.0 Å². The van der Waals surface area contributed by atoms with E-state index < -0.39 is 34.5 Å². The summed E-state index contributed by atoms with van der Waals surface area (Å²) in [5.74, 6) is -1.65. The first-order valence-electron chi connectivity index (χ1n) is 8.55. The van der Waals surface area contributed by atoms with Crippen molar-refractivity contribution in [3.63, 3.8) is 0 Å². The highest BCUT2D eigenvalue weighted by atomic mass is 32.2. The van der Waals surface area contributed by atoms with E-state index in [1.807, 2.05) is 5.32 Å². The molecule has 0 radical (unpaired) electrons. The van der Waals surface area contributed by atoms with Crippen LogP contribution in [0.3, 0.4) is 0 Å². The van der Waals surface area contributed by atoms with Gasteiger partial charge in [-0.3, -0.25) is 10.1 Å². The van der Waals surface area contributed by atoms with Crippen LogP contribution < -0.4 is 10.6 Å². The van der Waals surface area contributed by atoms with Crippen molar-refractivity contribution in [2.45, 2.75) is 31.1 Å². The van der Waals surface area contributed by atoms with Gasteiger partial charge in [0.15, 0.2) is 6.61 Å². The molecule has 0 atom stereocenters. The minimum Gasteiger partial charge on any atom is -0.452 e. The van der Waals surface area contributed by atoms with Gasteiger partial charge in [0.2, 0.25) is 10.0 Å². The molecule has 1 aliphatic rings. The van der Waals surface area contributed by atoms with Gasteiger partial charge in [0, 0.05) is 20.1 Å². The number of hydrogen-bond acceptors (Lipinski definition) is 6. The molecule has 148 valence electrons. The number of esters is 1. The third-order valence-corrected chi connectivity index (χ3v) is 6.21.